The van der Waals surface area contributed by atoms with Crippen LogP contribution in [0.3, 0.4) is 0 Å². The van der Waals surface area contributed by atoms with E-state index >= 15 is 0 Å². The van der Waals surface area contributed by atoms with E-state index in [2.05, 4.69) is 20.7 Å². The highest BCUT2D eigenvalue weighted by atomic mass is 35.5. The van der Waals surface area contributed by atoms with Crippen molar-refractivity contribution < 1.29 is 9.59 Å². The summed E-state index contributed by atoms with van der Waals surface area (Å²) in [5.41, 5.74) is 2.71. The summed E-state index contributed by atoms with van der Waals surface area (Å²) >= 11 is 12.0. The van der Waals surface area contributed by atoms with Crippen molar-refractivity contribution in [3.63, 3.8) is 0 Å². The molecule has 162 valence electrons. The average Bonchev–Trinajstić information content (AvgIpc) is 3.20. The maximum atomic E-state index is 13.1. The van der Waals surface area contributed by atoms with Crippen molar-refractivity contribution in [2.75, 3.05) is 5.32 Å². The lowest BCUT2D eigenvalue weighted by molar-refractivity contribution is -0.120. The Morgan fingerprint density at radius 2 is 1.97 bits per heavy atom. The molecule has 1 aliphatic carbocycles. The first-order valence-corrected chi connectivity index (χ1v) is 11.1. The molecule has 0 aliphatic heterocycles. The molecule has 1 aliphatic rings. The number of halogens is 2. The lowest BCUT2D eigenvalue weighted by Crippen LogP contribution is -2.29. The number of aromatic nitrogens is 3. The third kappa shape index (κ3) is 4.67. The van der Waals surface area contributed by atoms with Gasteiger partial charge in [-0.2, -0.15) is 5.10 Å². The number of pyridine rings is 1. The molecule has 4 rings (SSSR count). The molecule has 0 atom stereocenters. The number of carbonyl (C=O) groups excluding carboxylic acids is 2. The van der Waals surface area contributed by atoms with Gasteiger partial charge in [-0.05, 0) is 37.5 Å². The lowest BCUT2D eigenvalue weighted by atomic mass is 9.94. The first-order chi connectivity index (χ1) is 15.0. The van der Waals surface area contributed by atoms with Crippen molar-refractivity contribution in [3.05, 3.63) is 51.8 Å². The predicted octanol–water partition coefficient (Wildman–Crippen LogP) is 4.61. The first-order valence-electron chi connectivity index (χ1n) is 10.3. The van der Waals surface area contributed by atoms with Crippen molar-refractivity contribution in [3.8, 4) is 0 Å². The normalized spacial score (nSPS) is 14.7. The summed E-state index contributed by atoms with van der Waals surface area (Å²) in [5.74, 6) is 0.0374. The van der Waals surface area contributed by atoms with Crippen molar-refractivity contribution >= 4 is 51.6 Å². The number of anilines is 1. The summed E-state index contributed by atoms with van der Waals surface area (Å²) in [6, 6.07) is 5.37. The molecule has 0 saturated heterocycles. The number of aryl methyl sites for hydroxylation is 1. The first kappa shape index (κ1) is 21.6. The van der Waals surface area contributed by atoms with Gasteiger partial charge in [0.15, 0.2) is 5.65 Å². The molecule has 7 nitrogen and oxygen atoms in total. The second-order valence-corrected chi connectivity index (χ2v) is 8.45. The Labute approximate surface area is 190 Å². The quantitative estimate of drug-likeness (QED) is 0.561. The molecule has 0 unspecified atom stereocenters. The van der Waals surface area contributed by atoms with Crippen molar-refractivity contribution in [1.82, 2.24) is 20.1 Å². The van der Waals surface area contributed by atoms with E-state index < -0.39 is 0 Å². The summed E-state index contributed by atoms with van der Waals surface area (Å²) in [6.45, 7) is 2.97. The van der Waals surface area contributed by atoms with E-state index in [0.717, 1.165) is 29.4 Å². The number of hydrogen-bond donors (Lipinski definition) is 2. The van der Waals surface area contributed by atoms with Crippen LogP contribution in [0.25, 0.3) is 11.0 Å². The van der Waals surface area contributed by atoms with Crippen LogP contribution >= 0.6 is 23.2 Å². The van der Waals surface area contributed by atoms with Gasteiger partial charge in [0.25, 0.3) is 5.91 Å². The number of rotatable bonds is 6. The predicted molar refractivity (Wildman–Crippen MR) is 122 cm³/mol. The van der Waals surface area contributed by atoms with Crippen LogP contribution in [0.5, 0.6) is 0 Å². The highest BCUT2D eigenvalue weighted by Gasteiger charge is 2.23. The van der Waals surface area contributed by atoms with E-state index in [0.29, 0.717) is 47.2 Å². The summed E-state index contributed by atoms with van der Waals surface area (Å²) in [6.07, 6.45) is 5.91. The van der Waals surface area contributed by atoms with Crippen LogP contribution in [0, 0.1) is 0 Å². The summed E-state index contributed by atoms with van der Waals surface area (Å²) in [7, 11) is 0. The fourth-order valence-electron chi connectivity index (χ4n) is 3.80. The van der Waals surface area contributed by atoms with E-state index in [1.165, 1.54) is 0 Å². The minimum atomic E-state index is -0.251. The molecule has 1 fully saturated rings. The standard InChI is InChI=1S/C22H23Cl2N5O2/c1-2-29-21-16(12-27-29)20(28-14-4-6-15(30)7-5-14)17(11-25-21)22(31)26-10-13-3-8-18(23)19(24)9-13/h3,8-9,11-12,14H,2,4-7,10H2,1H3,(H,25,28)(H,26,31). The van der Waals surface area contributed by atoms with Gasteiger partial charge in [0.2, 0.25) is 0 Å². The van der Waals surface area contributed by atoms with E-state index in [1.54, 1.807) is 29.2 Å². The van der Waals surface area contributed by atoms with Crippen LogP contribution in [0.1, 0.15) is 48.5 Å². The van der Waals surface area contributed by atoms with Crippen LogP contribution in [-0.4, -0.2) is 32.5 Å². The van der Waals surface area contributed by atoms with Crippen molar-refractivity contribution in [1.29, 1.82) is 0 Å². The van der Waals surface area contributed by atoms with Crippen LogP contribution in [0.15, 0.2) is 30.6 Å². The average molecular weight is 460 g/mol. The second-order valence-electron chi connectivity index (χ2n) is 7.63. The maximum absolute atomic E-state index is 13.1. The van der Waals surface area contributed by atoms with E-state index in [-0.39, 0.29) is 17.7 Å². The Kier molecular flexibility index (Phi) is 6.43. The number of hydrogen-bond acceptors (Lipinski definition) is 5. The highest BCUT2D eigenvalue weighted by molar-refractivity contribution is 6.42. The number of Topliss-reactive ketones (excluding diaryl/α,β-unsaturated/α-hetero) is 1. The van der Waals surface area contributed by atoms with E-state index in [9.17, 15) is 9.59 Å². The number of nitrogens with one attached hydrogen (secondary N) is 2. The molecule has 2 N–H and O–H groups in total. The molecule has 0 bridgehead atoms. The molecule has 9 heteroatoms. The Hall–Kier alpha value is -2.64. The van der Waals surface area contributed by atoms with Gasteiger partial charge in [0, 0.05) is 38.2 Å². The molecule has 2 aromatic heterocycles. The third-order valence-electron chi connectivity index (χ3n) is 5.54. The Morgan fingerprint density at radius 1 is 1.19 bits per heavy atom. The van der Waals surface area contributed by atoms with Gasteiger partial charge in [-0.25, -0.2) is 9.67 Å². The minimum absolute atomic E-state index is 0.120. The van der Waals surface area contributed by atoms with Crippen molar-refractivity contribution in [2.45, 2.75) is 51.7 Å². The molecule has 0 radical (unpaired) electrons. The lowest BCUT2D eigenvalue weighted by Gasteiger charge is -2.24. The number of carbonyl (C=O) groups is 2. The fraction of sp³-hybridized carbons (Fsp3) is 0.364. The summed E-state index contributed by atoms with van der Waals surface area (Å²) in [4.78, 5) is 29.2. The number of ketones is 1. The second kappa shape index (κ2) is 9.24. The number of amides is 1. The zero-order chi connectivity index (χ0) is 22.0. The topological polar surface area (TPSA) is 88.9 Å². The monoisotopic (exact) mass is 459 g/mol. The Balaban J connectivity index is 1.61. The number of fused-ring (bicyclic) bond motifs is 1. The van der Waals surface area contributed by atoms with Gasteiger partial charge in [0.1, 0.15) is 5.78 Å². The van der Waals surface area contributed by atoms with Crippen LogP contribution < -0.4 is 10.6 Å². The van der Waals surface area contributed by atoms with Gasteiger partial charge >= 0.3 is 0 Å². The molecule has 2 heterocycles. The van der Waals surface area contributed by atoms with Gasteiger partial charge in [-0.3, -0.25) is 9.59 Å². The minimum Gasteiger partial charge on any atom is -0.381 e. The third-order valence-corrected chi connectivity index (χ3v) is 6.28. The Bertz CT molecular complexity index is 1130. The molecule has 1 saturated carbocycles. The number of nitrogens with zero attached hydrogens (tertiary/aromatic N) is 3. The molecule has 3 aromatic rings. The van der Waals surface area contributed by atoms with Gasteiger partial charge < -0.3 is 10.6 Å². The van der Waals surface area contributed by atoms with E-state index in [4.69, 9.17) is 23.2 Å². The summed E-state index contributed by atoms with van der Waals surface area (Å²) < 4.78 is 1.79. The molecule has 1 amide bonds. The van der Waals surface area contributed by atoms with Crippen LogP contribution in [-0.2, 0) is 17.9 Å². The van der Waals surface area contributed by atoms with Crippen LogP contribution in [0.2, 0.25) is 10.0 Å². The SMILES string of the molecule is CCn1ncc2c(NC3CCC(=O)CC3)c(C(=O)NCc3ccc(Cl)c(Cl)c3)cnc21. The van der Waals surface area contributed by atoms with Crippen molar-refractivity contribution in [2.24, 2.45) is 0 Å². The van der Waals surface area contributed by atoms with Gasteiger partial charge in [-0.15, -0.1) is 0 Å². The largest absolute Gasteiger partial charge is 0.381 e. The maximum Gasteiger partial charge on any atom is 0.255 e. The van der Waals surface area contributed by atoms with Gasteiger partial charge in [0.05, 0.1) is 32.9 Å². The fourth-order valence-corrected chi connectivity index (χ4v) is 4.12. The van der Waals surface area contributed by atoms with Gasteiger partial charge in [-0.1, -0.05) is 29.3 Å². The zero-order valence-electron chi connectivity index (χ0n) is 17.1. The zero-order valence-corrected chi connectivity index (χ0v) is 18.6. The molecule has 1 aromatic carbocycles. The molecular formula is C22H23Cl2N5O2. The molecule has 31 heavy (non-hydrogen) atoms. The smallest absolute Gasteiger partial charge is 0.255 e. The highest BCUT2D eigenvalue weighted by Crippen LogP contribution is 2.29. The number of benzene rings is 1. The van der Waals surface area contributed by atoms with E-state index in [1.807, 2.05) is 13.0 Å². The summed E-state index contributed by atoms with van der Waals surface area (Å²) in [5, 5.41) is 12.5. The Morgan fingerprint density at radius 3 is 2.68 bits per heavy atom. The molecule has 0 spiro atoms. The molecular weight excluding hydrogens is 437 g/mol. The van der Waals surface area contributed by atoms with Crippen LogP contribution in [0.4, 0.5) is 5.69 Å².